The minimum atomic E-state index is -1.61. The molecule has 6 atom stereocenters. The SMILES string of the molecule is CCCCCCCCCCCCC/C=C/C=C/C(=O)O[C@@H](COC(=O)CCCCCCCCCCCCCCCCCCCCC)CO[C@H]1O[C@@H](CO)[C@@H](O)C(O)C1O. The summed E-state index contributed by atoms with van der Waals surface area (Å²) in [5.41, 5.74) is 0. The van der Waals surface area contributed by atoms with E-state index in [0.717, 1.165) is 32.1 Å². The summed E-state index contributed by atoms with van der Waals surface area (Å²) < 4.78 is 22.0. The lowest BCUT2D eigenvalue weighted by atomic mass is 9.99. The van der Waals surface area contributed by atoms with Crippen molar-refractivity contribution >= 4 is 11.9 Å². The topological polar surface area (TPSA) is 152 Å². The summed E-state index contributed by atoms with van der Waals surface area (Å²) in [4.78, 5) is 25.3. The van der Waals surface area contributed by atoms with Crippen LogP contribution in [-0.4, -0.2) is 89.0 Å². The third kappa shape index (κ3) is 31.7. The van der Waals surface area contributed by atoms with Crippen LogP contribution in [-0.2, 0) is 28.5 Å². The molecule has 59 heavy (non-hydrogen) atoms. The van der Waals surface area contributed by atoms with Crippen molar-refractivity contribution < 1.29 is 49.0 Å². The molecule has 0 aromatic carbocycles. The Morgan fingerprint density at radius 3 is 1.46 bits per heavy atom. The second-order valence-electron chi connectivity index (χ2n) is 17.0. The van der Waals surface area contributed by atoms with Gasteiger partial charge >= 0.3 is 11.9 Å². The van der Waals surface area contributed by atoms with Crippen LogP contribution in [0.5, 0.6) is 0 Å². The summed E-state index contributed by atoms with van der Waals surface area (Å²) in [6.07, 6.45) is 38.2. The van der Waals surface area contributed by atoms with Gasteiger partial charge < -0.3 is 39.4 Å². The molecule has 1 heterocycles. The van der Waals surface area contributed by atoms with E-state index in [9.17, 15) is 30.0 Å². The van der Waals surface area contributed by atoms with Gasteiger partial charge in [0.05, 0.1) is 13.2 Å². The van der Waals surface area contributed by atoms with Crippen LogP contribution in [0, 0.1) is 0 Å². The van der Waals surface area contributed by atoms with Crippen molar-refractivity contribution in [3.63, 3.8) is 0 Å². The number of ether oxygens (including phenoxy) is 4. The number of esters is 2. The van der Waals surface area contributed by atoms with Gasteiger partial charge in [-0.2, -0.15) is 0 Å². The molecule has 346 valence electrons. The summed E-state index contributed by atoms with van der Waals surface area (Å²) in [6.45, 7) is 3.34. The fourth-order valence-corrected chi connectivity index (χ4v) is 7.57. The average molecular weight is 839 g/mol. The molecule has 0 aromatic heterocycles. The highest BCUT2D eigenvalue weighted by atomic mass is 16.7. The molecule has 0 radical (unpaired) electrons. The first-order chi connectivity index (χ1) is 28.8. The fraction of sp³-hybridized carbons (Fsp3) is 0.878. The number of rotatable bonds is 41. The van der Waals surface area contributed by atoms with E-state index in [-0.39, 0.29) is 19.6 Å². The maximum Gasteiger partial charge on any atom is 0.331 e. The Morgan fingerprint density at radius 1 is 0.559 bits per heavy atom. The average Bonchev–Trinajstić information content (AvgIpc) is 3.23. The van der Waals surface area contributed by atoms with Gasteiger partial charge in [0.2, 0.25) is 0 Å². The maximum atomic E-state index is 12.7. The molecule has 0 spiro atoms. The lowest BCUT2D eigenvalue weighted by Crippen LogP contribution is -2.59. The molecule has 1 fully saturated rings. The molecule has 0 aromatic rings. The maximum absolute atomic E-state index is 12.7. The molecule has 1 aliphatic heterocycles. The number of unbranched alkanes of at least 4 members (excludes halogenated alkanes) is 29. The first-order valence-electron chi connectivity index (χ1n) is 24.5. The molecule has 2 unspecified atom stereocenters. The number of carbonyl (C=O) groups is 2. The molecule has 10 nitrogen and oxygen atoms in total. The van der Waals surface area contributed by atoms with Gasteiger partial charge in [-0.1, -0.05) is 212 Å². The summed E-state index contributed by atoms with van der Waals surface area (Å²) in [5, 5.41) is 40.1. The molecular formula is C49H90O10. The smallest absolute Gasteiger partial charge is 0.331 e. The first kappa shape index (κ1) is 55.2. The van der Waals surface area contributed by atoms with Crippen LogP contribution in [0.4, 0.5) is 0 Å². The van der Waals surface area contributed by atoms with E-state index in [4.69, 9.17) is 18.9 Å². The summed E-state index contributed by atoms with van der Waals surface area (Å²) >= 11 is 0. The van der Waals surface area contributed by atoms with Crippen molar-refractivity contribution in [2.24, 2.45) is 0 Å². The molecule has 0 bridgehead atoms. The van der Waals surface area contributed by atoms with Crippen molar-refractivity contribution in [1.82, 2.24) is 0 Å². The third-order valence-electron chi connectivity index (χ3n) is 11.4. The molecule has 0 aliphatic carbocycles. The van der Waals surface area contributed by atoms with E-state index >= 15 is 0 Å². The van der Waals surface area contributed by atoms with Crippen LogP contribution < -0.4 is 0 Å². The Hall–Kier alpha value is -1.82. The van der Waals surface area contributed by atoms with Crippen LogP contribution in [0.15, 0.2) is 24.3 Å². The van der Waals surface area contributed by atoms with Gasteiger partial charge in [-0.05, 0) is 19.3 Å². The highest BCUT2D eigenvalue weighted by molar-refractivity contribution is 5.82. The molecule has 1 saturated heterocycles. The second kappa shape index (κ2) is 40.3. The summed E-state index contributed by atoms with van der Waals surface area (Å²) in [6, 6.07) is 0. The van der Waals surface area contributed by atoms with Crippen molar-refractivity contribution in [2.75, 3.05) is 19.8 Å². The van der Waals surface area contributed by atoms with Crippen LogP contribution >= 0.6 is 0 Å². The lowest BCUT2D eigenvalue weighted by Gasteiger charge is -2.39. The van der Waals surface area contributed by atoms with Crippen LogP contribution in [0.2, 0.25) is 0 Å². The number of allylic oxidation sites excluding steroid dienone is 3. The molecular weight excluding hydrogens is 749 g/mol. The third-order valence-corrected chi connectivity index (χ3v) is 11.4. The predicted octanol–water partition coefficient (Wildman–Crippen LogP) is 10.9. The Kier molecular flexibility index (Phi) is 37.7. The summed E-state index contributed by atoms with van der Waals surface area (Å²) in [5.74, 6) is -1.05. The van der Waals surface area contributed by atoms with Gasteiger partial charge in [-0.3, -0.25) is 4.79 Å². The molecule has 4 N–H and O–H groups in total. The number of carbonyl (C=O) groups excluding carboxylic acids is 2. The van der Waals surface area contributed by atoms with E-state index in [1.54, 1.807) is 6.08 Å². The fourth-order valence-electron chi connectivity index (χ4n) is 7.57. The number of hydrogen-bond acceptors (Lipinski definition) is 10. The minimum absolute atomic E-state index is 0.260. The number of hydrogen-bond donors (Lipinski definition) is 4. The highest BCUT2D eigenvalue weighted by Gasteiger charge is 2.44. The van der Waals surface area contributed by atoms with E-state index in [2.05, 4.69) is 13.8 Å². The van der Waals surface area contributed by atoms with Crippen molar-refractivity contribution in [1.29, 1.82) is 0 Å². The Labute approximate surface area is 360 Å². The van der Waals surface area contributed by atoms with E-state index < -0.39 is 55.4 Å². The zero-order chi connectivity index (χ0) is 43.0. The quantitative estimate of drug-likeness (QED) is 0.0203. The molecule has 1 rings (SSSR count). The number of aliphatic hydroxyl groups excluding tert-OH is 4. The molecule has 1 aliphatic rings. The monoisotopic (exact) mass is 839 g/mol. The standard InChI is InChI=1S/C49H90O10/c1-3-5-7-9-11-13-15-17-19-20-21-22-24-25-27-29-31-33-35-37-44(51)56-40-42(41-57-49-48(55)47(54)46(53)43(39-50)59-49)58-45(52)38-36-34-32-30-28-26-23-18-16-14-12-10-8-6-4-2/h32,34,36,38,42-43,46-50,53-55H,3-31,33,35,37,39-41H2,1-2H3/b34-32+,38-36+/t42-,43-,46+,47?,48?,49-/m0/s1. The van der Waals surface area contributed by atoms with Crippen LogP contribution in [0.25, 0.3) is 0 Å². The van der Waals surface area contributed by atoms with Gasteiger partial charge in [-0.15, -0.1) is 0 Å². The largest absolute Gasteiger partial charge is 0.462 e. The van der Waals surface area contributed by atoms with Gasteiger partial charge in [0, 0.05) is 12.5 Å². The highest BCUT2D eigenvalue weighted by Crippen LogP contribution is 2.23. The Morgan fingerprint density at radius 2 is 1.00 bits per heavy atom. The zero-order valence-electron chi connectivity index (χ0n) is 37.8. The van der Waals surface area contributed by atoms with Gasteiger partial charge in [0.15, 0.2) is 12.4 Å². The van der Waals surface area contributed by atoms with Crippen molar-refractivity contribution in [2.45, 2.75) is 256 Å². The van der Waals surface area contributed by atoms with E-state index in [1.807, 2.05) is 12.2 Å². The zero-order valence-corrected chi connectivity index (χ0v) is 37.8. The molecule has 0 amide bonds. The normalized spacial score (nSPS) is 20.1. The van der Waals surface area contributed by atoms with Crippen LogP contribution in [0.3, 0.4) is 0 Å². The van der Waals surface area contributed by atoms with E-state index in [1.165, 1.54) is 173 Å². The van der Waals surface area contributed by atoms with Gasteiger partial charge in [0.1, 0.15) is 31.0 Å². The Bertz CT molecular complexity index is 1020. The van der Waals surface area contributed by atoms with Gasteiger partial charge in [0.25, 0.3) is 0 Å². The van der Waals surface area contributed by atoms with E-state index in [0.29, 0.717) is 0 Å². The molecule has 10 heteroatoms. The van der Waals surface area contributed by atoms with Crippen molar-refractivity contribution in [3.05, 3.63) is 24.3 Å². The second-order valence-corrected chi connectivity index (χ2v) is 17.0. The Balaban J connectivity index is 2.31. The lowest BCUT2D eigenvalue weighted by molar-refractivity contribution is -0.305. The van der Waals surface area contributed by atoms with Crippen molar-refractivity contribution in [3.8, 4) is 0 Å². The molecule has 0 saturated carbocycles. The first-order valence-corrected chi connectivity index (χ1v) is 24.5. The minimum Gasteiger partial charge on any atom is -0.462 e. The number of aliphatic hydroxyl groups is 4. The van der Waals surface area contributed by atoms with Gasteiger partial charge in [-0.25, -0.2) is 4.79 Å². The predicted molar refractivity (Wildman–Crippen MR) is 238 cm³/mol. The van der Waals surface area contributed by atoms with Crippen LogP contribution in [0.1, 0.15) is 219 Å². The summed E-state index contributed by atoms with van der Waals surface area (Å²) in [7, 11) is 0.